The van der Waals surface area contributed by atoms with Crippen LogP contribution in [0.25, 0.3) is 0 Å². The summed E-state index contributed by atoms with van der Waals surface area (Å²) in [6.07, 6.45) is 0. The van der Waals surface area contributed by atoms with Crippen LogP contribution in [0.1, 0.15) is 11.1 Å². The van der Waals surface area contributed by atoms with Crippen LogP contribution in [0.15, 0.2) is 40.9 Å². The Morgan fingerprint density at radius 2 is 1.95 bits per heavy atom. The fourth-order valence-electron chi connectivity index (χ4n) is 1.86. The summed E-state index contributed by atoms with van der Waals surface area (Å²) in [5.41, 5.74) is 3.20. The molecule has 0 saturated heterocycles. The predicted molar refractivity (Wildman–Crippen MR) is 88.6 cm³/mol. The van der Waals surface area contributed by atoms with Crippen LogP contribution in [0.3, 0.4) is 0 Å². The molecule has 0 aliphatic rings. The van der Waals surface area contributed by atoms with Crippen molar-refractivity contribution in [1.82, 2.24) is 0 Å². The van der Waals surface area contributed by atoms with Gasteiger partial charge in [0.2, 0.25) is 0 Å². The molecular weight excluding hydrogens is 361 g/mol. The number of halogens is 3. The first-order valence-corrected chi connectivity index (χ1v) is 7.61. The number of nitrogens with one attached hydrogen (secondary N) is 1. The molecule has 2 aromatic carbocycles. The molecule has 0 saturated carbocycles. The highest BCUT2D eigenvalue weighted by atomic mass is 79.9. The van der Waals surface area contributed by atoms with Crippen LogP contribution in [0.4, 0.5) is 5.69 Å². The predicted octanol–water partition coefficient (Wildman–Crippen LogP) is 5.51. The second-order valence-electron chi connectivity index (χ2n) is 4.30. The molecule has 0 aromatic heterocycles. The Morgan fingerprint density at radius 3 is 2.65 bits per heavy atom. The molecule has 20 heavy (non-hydrogen) atoms. The minimum atomic E-state index is 0.547. The molecule has 0 amide bonds. The van der Waals surface area contributed by atoms with Gasteiger partial charge in [-0.2, -0.15) is 0 Å². The van der Waals surface area contributed by atoms with Crippen molar-refractivity contribution in [3.63, 3.8) is 0 Å². The van der Waals surface area contributed by atoms with Gasteiger partial charge >= 0.3 is 0 Å². The van der Waals surface area contributed by atoms with E-state index in [1.165, 1.54) is 0 Å². The number of anilines is 1. The minimum Gasteiger partial charge on any atom is -0.381 e. The number of benzene rings is 2. The molecule has 0 bridgehead atoms. The third-order valence-electron chi connectivity index (χ3n) is 2.87. The highest BCUT2D eigenvalue weighted by Gasteiger charge is 2.06. The first-order valence-electron chi connectivity index (χ1n) is 6.06. The molecule has 2 rings (SSSR count). The van der Waals surface area contributed by atoms with Gasteiger partial charge in [0.25, 0.3) is 0 Å². The number of ether oxygens (including phenoxy) is 1. The molecule has 5 heteroatoms. The summed E-state index contributed by atoms with van der Waals surface area (Å²) >= 11 is 15.5. The van der Waals surface area contributed by atoms with Gasteiger partial charge in [-0.25, -0.2) is 0 Å². The van der Waals surface area contributed by atoms with E-state index in [-0.39, 0.29) is 0 Å². The van der Waals surface area contributed by atoms with E-state index in [0.29, 0.717) is 23.2 Å². The summed E-state index contributed by atoms with van der Waals surface area (Å²) in [6, 6.07) is 11.6. The van der Waals surface area contributed by atoms with Gasteiger partial charge in [0.05, 0.1) is 16.7 Å². The Balaban J connectivity index is 2.14. The number of rotatable bonds is 5. The number of hydrogen-bond acceptors (Lipinski definition) is 2. The van der Waals surface area contributed by atoms with E-state index in [2.05, 4.69) is 21.2 Å². The van der Waals surface area contributed by atoms with Gasteiger partial charge in [-0.05, 0) is 29.8 Å². The number of hydrogen-bond donors (Lipinski definition) is 1. The van der Waals surface area contributed by atoms with E-state index in [1.54, 1.807) is 13.2 Å². The van der Waals surface area contributed by atoms with Gasteiger partial charge in [0, 0.05) is 29.4 Å². The van der Waals surface area contributed by atoms with Gasteiger partial charge in [0.15, 0.2) is 0 Å². The summed E-state index contributed by atoms with van der Waals surface area (Å²) in [7, 11) is 1.68. The Bertz CT molecular complexity index is 604. The lowest BCUT2D eigenvalue weighted by Crippen LogP contribution is -2.03. The first-order chi connectivity index (χ1) is 9.61. The lowest BCUT2D eigenvalue weighted by Gasteiger charge is -2.13. The fourth-order valence-corrected chi connectivity index (χ4v) is 2.66. The van der Waals surface area contributed by atoms with Gasteiger partial charge in [-0.15, -0.1) is 0 Å². The maximum Gasteiger partial charge on any atom is 0.0744 e. The molecule has 2 aromatic rings. The summed E-state index contributed by atoms with van der Waals surface area (Å²) < 4.78 is 6.25. The lowest BCUT2D eigenvalue weighted by molar-refractivity contribution is 0.185. The summed E-state index contributed by atoms with van der Waals surface area (Å²) in [5, 5.41) is 4.52. The Labute approximate surface area is 137 Å². The van der Waals surface area contributed by atoms with Crippen molar-refractivity contribution in [3.05, 3.63) is 62.0 Å². The van der Waals surface area contributed by atoms with Crippen LogP contribution >= 0.6 is 39.1 Å². The van der Waals surface area contributed by atoms with Crippen LogP contribution in [-0.4, -0.2) is 7.11 Å². The first kappa shape index (κ1) is 15.6. The summed E-state index contributed by atoms with van der Waals surface area (Å²) in [5.74, 6) is 0. The number of methoxy groups -OCH3 is 1. The minimum absolute atomic E-state index is 0.547. The van der Waals surface area contributed by atoms with Crippen molar-refractivity contribution in [1.29, 1.82) is 0 Å². The SMILES string of the molecule is COCc1c(Br)cccc1NCc1ccc(Cl)c(Cl)c1. The monoisotopic (exact) mass is 373 g/mol. The average Bonchev–Trinajstić information content (AvgIpc) is 2.43. The van der Waals surface area contributed by atoms with Gasteiger partial charge in [-0.1, -0.05) is 51.3 Å². The van der Waals surface area contributed by atoms with Crippen molar-refractivity contribution in [3.8, 4) is 0 Å². The molecule has 0 spiro atoms. The topological polar surface area (TPSA) is 21.3 Å². The zero-order chi connectivity index (χ0) is 14.5. The molecule has 2 nitrogen and oxygen atoms in total. The second kappa shape index (κ2) is 7.32. The quantitative estimate of drug-likeness (QED) is 0.744. The van der Waals surface area contributed by atoms with Crippen LogP contribution in [0.5, 0.6) is 0 Å². The van der Waals surface area contributed by atoms with Gasteiger partial charge < -0.3 is 10.1 Å². The smallest absolute Gasteiger partial charge is 0.0744 e. The van der Waals surface area contributed by atoms with Crippen LogP contribution in [0.2, 0.25) is 10.0 Å². The van der Waals surface area contributed by atoms with Crippen molar-refractivity contribution in [2.45, 2.75) is 13.2 Å². The molecule has 0 unspecified atom stereocenters. The molecule has 0 fully saturated rings. The van der Waals surface area contributed by atoms with Gasteiger partial charge in [-0.3, -0.25) is 0 Å². The van der Waals surface area contributed by atoms with Crippen molar-refractivity contribution in [2.75, 3.05) is 12.4 Å². The molecule has 0 aliphatic heterocycles. The van der Waals surface area contributed by atoms with Gasteiger partial charge in [0.1, 0.15) is 0 Å². The Hall–Kier alpha value is -0.740. The molecule has 0 radical (unpaired) electrons. The molecular formula is C15H14BrCl2NO. The highest BCUT2D eigenvalue weighted by Crippen LogP contribution is 2.27. The lowest BCUT2D eigenvalue weighted by atomic mass is 10.1. The zero-order valence-electron chi connectivity index (χ0n) is 10.9. The van der Waals surface area contributed by atoms with Crippen molar-refractivity contribution < 1.29 is 4.74 Å². The van der Waals surface area contributed by atoms with Crippen LogP contribution in [-0.2, 0) is 17.9 Å². The van der Waals surface area contributed by atoms with E-state index in [4.69, 9.17) is 27.9 Å². The van der Waals surface area contributed by atoms with E-state index in [1.807, 2.05) is 30.3 Å². The Morgan fingerprint density at radius 1 is 1.15 bits per heavy atom. The second-order valence-corrected chi connectivity index (χ2v) is 5.97. The Kier molecular flexibility index (Phi) is 5.73. The normalized spacial score (nSPS) is 10.6. The van der Waals surface area contributed by atoms with E-state index in [0.717, 1.165) is 21.3 Å². The van der Waals surface area contributed by atoms with Crippen molar-refractivity contribution in [2.24, 2.45) is 0 Å². The largest absolute Gasteiger partial charge is 0.381 e. The van der Waals surface area contributed by atoms with Crippen LogP contribution < -0.4 is 5.32 Å². The molecule has 0 aliphatic carbocycles. The van der Waals surface area contributed by atoms with E-state index < -0.39 is 0 Å². The summed E-state index contributed by atoms with van der Waals surface area (Å²) in [4.78, 5) is 0. The molecule has 106 valence electrons. The maximum atomic E-state index is 6.01. The third kappa shape index (κ3) is 3.89. The summed E-state index contributed by atoms with van der Waals surface area (Å²) in [6.45, 7) is 1.22. The zero-order valence-corrected chi connectivity index (χ0v) is 14.0. The standard InChI is InChI=1S/C15H14BrCl2NO/c1-20-9-11-12(16)3-2-4-15(11)19-8-10-5-6-13(17)14(18)7-10/h2-7,19H,8-9H2,1H3. The highest BCUT2D eigenvalue weighted by molar-refractivity contribution is 9.10. The molecule has 0 atom stereocenters. The maximum absolute atomic E-state index is 6.01. The fraction of sp³-hybridized carbons (Fsp3) is 0.200. The van der Waals surface area contributed by atoms with Crippen molar-refractivity contribution >= 4 is 44.8 Å². The van der Waals surface area contributed by atoms with E-state index >= 15 is 0 Å². The van der Waals surface area contributed by atoms with Crippen LogP contribution in [0, 0.1) is 0 Å². The molecule has 1 N–H and O–H groups in total. The van der Waals surface area contributed by atoms with E-state index in [9.17, 15) is 0 Å². The third-order valence-corrected chi connectivity index (χ3v) is 4.36. The average molecular weight is 375 g/mol. The molecule has 0 heterocycles.